The summed E-state index contributed by atoms with van der Waals surface area (Å²) in [5.74, 6) is 0.470. The summed E-state index contributed by atoms with van der Waals surface area (Å²) in [6, 6.07) is 15.3. The molecule has 0 radical (unpaired) electrons. The fourth-order valence-corrected chi connectivity index (χ4v) is 3.84. The topological polar surface area (TPSA) is 81.3 Å². The van der Waals surface area contributed by atoms with Gasteiger partial charge in [0.25, 0.3) is 5.56 Å². The molecule has 0 unspecified atom stereocenters. The molecule has 2 heterocycles. The molecule has 0 aliphatic carbocycles. The molecular formula is C23H27N5O2. The summed E-state index contributed by atoms with van der Waals surface area (Å²) in [6.45, 7) is 5.47. The molecule has 1 amide bonds. The molecule has 1 aliphatic rings. The third-order valence-electron chi connectivity index (χ3n) is 5.47. The van der Waals surface area contributed by atoms with Crippen molar-refractivity contribution < 1.29 is 4.79 Å². The zero-order chi connectivity index (χ0) is 20.9. The average molecular weight is 406 g/mol. The molecule has 0 spiro atoms. The number of fused-ring (bicyclic) bond motifs is 1. The first-order chi connectivity index (χ1) is 14.6. The van der Waals surface area contributed by atoms with Gasteiger partial charge in [-0.3, -0.25) is 14.5 Å². The molecule has 1 fully saturated rings. The summed E-state index contributed by atoms with van der Waals surface area (Å²) in [6.07, 6.45) is 2.48. The van der Waals surface area contributed by atoms with Crippen LogP contribution in [0.3, 0.4) is 0 Å². The lowest BCUT2D eigenvalue weighted by Crippen LogP contribution is -2.33. The quantitative estimate of drug-likeness (QED) is 0.632. The zero-order valence-electron chi connectivity index (χ0n) is 17.2. The van der Waals surface area contributed by atoms with Gasteiger partial charge in [-0.1, -0.05) is 19.1 Å². The number of para-hydroxylation sites is 1. The number of carbonyl (C=O) groups is 1. The van der Waals surface area contributed by atoms with Crippen LogP contribution in [0.5, 0.6) is 0 Å². The SMILES string of the molecule is CCN(CC(=O)Nc1ccc(N2CCCC2)cc1)Cc1nc2ccccc2c(=O)[nH]1. The minimum atomic E-state index is -0.158. The van der Waals surface area contributed by atoms with E-state index in [1.165, 1.54) is 18.5 Å². The van der Waals surface area contributed by atoms with Crippen molar-refractivity contribution in [3.63, 3.8) is 0 Å². The standard InChI is InChI=1S/C23H27N5O2/c1-2-27(15-21-25-20-8-4-3-7-19(20)23(30)26-21)16-22(29)24-17-9-11-18(12-10-17)28-13-5-6-14-28/h3-4,7-12H,2,5-6,13-16H2,1H3,(H,24,29)(H,25,26,30). The molecular weight excluding hydrogens is 378 g/mol. The van der Waals surface area contributed by atoms with Gasteiger partial charge in [0.15, 0.2) is 0 Å². The molecule has 1 aromatic heterocycles. The van der Waals surface area contributed by atoms with Crippen LogP contribution in [0.1, 0.15) is 25.6 Å². The lowest BCUT2D eigenvalue weighted by molar-refractivity contribution is -0.117. The maximum absolute atomic E-state index is 12.5. The second kappa shape index (κ2) is 9.09. The maximum atomic E-state index is 12.5. The third kappa shape index (κ3) is 4.68. The van der Waals surface area contributed by atoms with Crippen LogP contribution >= 0.6 is 0 Å². The van der Waals surface area contributed by atoms with Gasteiger partial charge >= 0.3 is 0 Å². The predicted molar refractivity (Wildman–Crippen MR) is 120 cm³/mol. The molecule has 1 aliphatic heterocycles. The Morgan fingerprint density at radius 2 is 1.87 bits per heavy atom. The molecule has 7 nitrogen and oxygen atoms in total. The monoisotopic (exact) mass is 405 g/mol. The van der Waals surface area contributed by atoms with Gasteiger partial charge in [0.05, 0.1) is 24.0 Å². The Morgan fingerprint density at radius 1 is 1.13 bits per heavy atom. The van der Waals surface area contributed by atoms with E-state index in [1.54, 1.807) is 6.07 Å². The number of hydrogen-bond donors (Lipinski definition) is 2. The van der Waals surface area contributed by atoms with Crippen LogP contribution in [-0.2, 0) is 11.3 Å². The molecule has 0 saturated carbocycles. The van der Waals surface area contributed by atoms with Crippen LogP contribution in [0.2, 0.25) is 0 Å². The van der Waals surface area contributed by atoms with Crippen molar-refractivity contribution in [3.05, 3.63) is 64.7 Å². The smallest absolute Gasteiger partial charge is 0.258 e. The Balaban J connectivity index is 1.37. The number of likely N-dealkylation sites (N-methyl/N-ethyl adjacent to an activating group) is 1. The number of anilines is 2. The first-order valence-electron chi connectivity index (χ1n) is 10.5. The van der Waals surface area contributed by atoms with E-state index in [4.69, 9.17) is 0 Å². The summed E-state index contributed by atoms with van der Waals surface area (Å²) < 4.78 is 0. The fourth-order valence-electron chi connectivity index (χ4n) is 3.84. The number of rotatable bonds is 7. The summed E-state index contributed by atoms with van der Waals surface area (Å²) in [5.41, 5.74) is 2.49. The number of H-pyrrole nitrogens is 1. The predicted octanol–water partition coefficient (Wildman–Crippen LogP) is 2.98. The lowest BCUT2D eigenvalue weighted by Gasteiger charge is -2.20. The summed E-state index contributed by atoms with van der Waals surface area (Å²) in [5, 5.41) is 3.53. The minimum absolute atomic E-state index is 0.0890. The van der Waals surface area contributed by atoms with E-state index >= 15 is 0 Å². The van der Waals surface area contributed by atoms with Gasteiger partial charge in [-0.2, -0.15) is 0 Å². The van der Waals surface area contributed by atoms with Gasteiger partial charge in [-0.25, -0.2) is 4.98 Å². The Labute approximate surface area is 175 Å². The van der Waals surface area contributed by atoms with Gasteiger partial charge in [0, 0.05) is 24.5 Å². The van der Waals surface area contributed by atoms with Crippen LogP contribution in [0.25, 0.3) is 10.9 Å². The number of nitrogens with one attached hydrogen (secondary N) is 2. The molecule has 1 saturated heterocycles. The summed E-state index contributed by atoms with van der Waals surface area (Å²) >= 11 is 0. The summed E-state index contributed by atoms with van der Waals surface area (Å²) in [7, 11) is 0. The van der Waals surface area contributed by atoms with Gasteiger partial charge in [0.2, 0.25) is 5.91 Å². The largest absolute Gasteiger partial charge is 0.372 e. The first-order valence-corrected chi connectivity index (χ1v) is 10.5. The highest BCUT2D eigenvalue weighted by Gasteiger charge is 2.14. The second-order valence-corrected chi connectivity index (χ2v) is 7.62. The normalized spacial score (nSPS) is 13.9. The van der Waals surface area contributed by atoms with Crippen molar-refractivity contribution in [2.45, 2.75) is 26.3 Å². The molecule has 2 N–H and O–H groups in total. The van der Waals surface area contributed by atoms with Crippen molar-refractivity contribution in [3.8, 4) is 0 Å². The number of hydrogen-bond acceptors (Lipinski definition) is 5. The van der Waals surface area contributed by atoms with Crippen molar-refractivity contribution >= 4 is 28.2 Å². The number of aromatic amines is 1. The maximum Gasteiger partial charge on any atom is 0.258 e. The molecule has 4 rings (SSSR count). The van der Waals surface area contributed by atoms with Crippen molar-refractivity contribution in [1.29, 1.82) is 0 Å². The van der Waals surface area contributed by atoms with E-state index in [0.29, 0.717) is 29.8 Å². The lowest BCUT2D eigenvalue weighted by atomic mass is 10.2. The Kier molecular flexibility index (Phi) is 6.09. The average Bonchev–Trinajstić information content (AvgIpc) is 3.29. The van der Waals surface area contributed by atoms with Crippen molar-refractivity contribution in [2.24, 2.45) is 0 Å². The van der Waals surface area contributed by atoms with Crippen LogP contribution in [-0.4, -0.2) is 47.0 Å². The number of amides is 1. The van der Waals surface area contributed by atoms with Crippen LogP contribution < -0.4 is 15.8 Å². The number of nitrogens with zero attached hydrogens (tertiary/aromatic N) is 3. The van der Waals surface area contributed by atoms with Gasteiger partial charge < -0.3 is 15.2 Å². The number of benzene rings is 2. The number of carbonyl (C=O) groups excluding carboxylic acids is 1. The van der Waals surface area contributed by atoms with Crippen molar-refractivity contribution in [2.75, 3.05) is 36.4 Å². The van der Waals surface area contributed by atoms with E-state index in [0.717, 1.165) is 18.8 Å². The van der Waals surface area contributed by atoms with Crippen LogP contribution in [0, 0.1) is 0 Å². The highest BCUT2D eigenvalue weighted by atomic mass is 16.2. The molecule has 3 aromatic rings. The van der Waals surface area contributed by atoms with Crippen molar-refractivity contribution in [1.82, 2.24) is 14.9 Å². The van der Waals surface area contributed by atoms with E-state index in [2.05, 4.69) is 32.3 Å². The molecule has 30 heavy (non-hydrogen) atoms. The molecule has 156 valence electrons. The Hall–Kier alpha value is -3.19. The fraction of sp³-hybridized carbons (Fsp3) is 0.348. The molecule has 7 heteroatoms. The van der Waals surface area contributed by atoms with Gasteiger partial charge in [-0.05, 0) is 55.8 Å². The summed E-state index contributed by atoms with van der Waals surface area (Å²) in [4.78, 5) is 36.5. The second-order valence-electron chi connectivity index (χ2n) is 7.62. The Bertz CT molecular complexity index is 1070. The first kappa shape index (κ1) is 20.1. The Morgan fingerprint density at radius 3 is 2.60 bits per heavy atom. The highest BCUT2D eigenvalue weighted by molar-refractivity contribution is 5.92. The van der Waals surface area contributed by atoms with E-state index in [9.17, 15) is 9.59 Å². The van der Waals surface area contributed by atoms with E-state index < -0.39 is 0 Å². The highest BCUT2D eigenvalue weighted by Crippen LogP contribution is 2.22. The van der Waals surface area contributed by atoms with E-state index in [1.807, 2.05) is 42.2 Å². The van der Waals surface area contributed by atoms with Crippen LogP contribution in [0.15, 0.2) is 53.3 Å². The van der Waals surface area contributed by atoms with E-state index in [-0.39, 0.29) is 18.0 Å². The molecule has 0 atom stereocenters. The van der Waals surface area contributed by atoms with Crippen LogP contribution in [0.4, 0.5) is 11.4 Å². The zero-order valence-corrected chi connectivity index (χ0v) is 17.2. The minimum Gasteiger partial charge on any atom is -0.372 e. The third-order valence-corrected chi connectivity index (χ3v) is 5.47. The van der Waals surface area contributed by atoms with Gasteiger partial charge in [-0.15, -0.1) is 0 Å². The number of aromatic nitrogens is 2. The molecule has 2 aromatic carbocycles. The molecule has 0 bridgehead atoms. The van der Waals surface area contributed by atoms with Gasteiger partial charge in [0.1, 0.15) is 5.82 Å².